The van der Waals surface area contributed by atoms with Gasteiger partial charge in [0, 0.05) is 37.8 Å². The lowest BCUT2D eigenvalue weighted by molar-refractivity contribution is 0.669. The first-order valence-corrected chi connectivity index (χ1v) is 19.2. The van der Waals surface area contributed by atoms with E-state index >= 15 is 0 Å². The Bertz CT molecular complexity index is 2960. The van der Waals surface area contributed by atoms with Gasteiger partial charge in [0.1, 0.15) is 16.2 Å². The van der Waals surface area contributed by atoms with E-state index in [1.165, 1.54) is 59.6 Å². The van der Waals surface area contributed by atoms with Gasteiger partial charge in [0.05, 0.1) is 5.41 Å². The highest BCUT2D eigenvalue weighted by atomic mass is 32.1. The number of para-hydroxylation sites is 1. The number of hydrogen-bond acceptors (Lipinski definition) is 3. The van der Waals surface area contributed by atoms with Crippen LogP contribution in [0.25, 0.3) is 54.3 Å². The molecule has 0 atom stereocenters. The van der Waals surface area contributed by atoms with Crippen molar-refractivity contribution in [2.45, 2.75) is 5.41 Å². The topological polar surface area (TPSA) is 16.4 Å². The first kappa shape index (κ1) is 30.9. The second-order valence-electron chi connectivity index (χ2n) is 14.0. The van der Waals surface area contributed by atoms with Crippen LogP contribution in [0.15, 0.2) is 205 Å². The van der Waals surface area contributed by atoms with Gasteiger partial charge in [0.15, 0.2) is 0 Å². The van der Waals surface area contributed by atoms with Gasteiger partial charge in [-0.1, -0.05) is 158 Å². The van der Waals surface area contributed by atoms with E-state index in [2.05, 4.69) is 199 Å². The molecule has 0 saturated carbocycles. The molecule has 10 aromatic rings. The van der Waals surface area contributed by atoms with Crippen molar-refractivity contribution in [2.24, 2.45) is 0 Å². The van der Waals surface area contributed by atoms with Crippen molar-refractivity contribution in [3.8, 4) is 22.3 Å². The van der Waals surface area contributed by atoms with Gasteiger partial charge in [-0.05, 0) is 81.4 Å². The fourth-order valence-electron chi connectivity index (χ4n) is 8.88. The summed E-state index contributed by atoms with van der Waals surface area (Å²) in [5.74, 6) is 0. The number of benzene rings is 8. The maximum Gasteiger partial charge on any atom is 0.135 e. The molecule has 0 spiro atoms. The number of anilines is 3. The van der Waals surface area contributed by atoms with Crippen LogP contribution in [0.5, 0.6) is 0 Å². The molecule has 0 unspecified atom stereocenters. The molecule has 2 aromatic heterocycles. The average Bonchev–Trinajstić information content (AvgIpc) is 3.90. The summed E-state index contributed by atoms with van der Waals surface area (Å²) in [7, 11) is 0. The van der Waals surface area contributed by atoms with Crippen LogP contribution >= 0.6 is 11.3 Å². The van der Waals surface area contributed by atoms with E-state index in [0.29, 0.717) is 0 Å². The maximum atomic E-state index is 6.35. The molecular formula is C51H33NOS. The van der Waals surface area contributed by atoms with Gasteiger partial charge in [-0.3, -0.25) is 0 Å². The maximum absolute atomic E-state index is 6.35. The summed E-state index contributed by atoms with van der Waals surface area (Å²) in [5, 5.41) is 4.65. The van der Waals surface area contributed by atoms with E-state index < -0.39 is 5.41 Å². The van der Waals surface area contributed by atoms with Crippen molar-refractivity contribution in [3.05, 3.63) is 222 Å². The first-order valence-electron chi connectivity index (χ1n) is 18.4. The van der Waals surface area contributed by atoms with Gasteiger partial charge in [0.2, 0.25) is 0 Å². The summed E-state index contributed by atoms with van der Waals surface area (Å²) in [6, 6.07) is 72.8. The predicted octanol–water partition coefficient (Wildman–Crippen LogP) is 14.3. The monoisotopic (exact) mass is 707 g/mol. The minimum absolute atomic E-state index is 0.511. The van der Waals surface area contributed by atoms with Crippen molar-refractivity contribution in [3.63, 3.8) is 0 Å². The molecule has 1 aliphatic carbocycles. The zero-order valence-corrected chi connectivity index (χ0v) is 30.1. The van der Waals surface area contributed by atoms with Crippen LogP contribution in [0.2, 0.25) is 0 Å². The molecule has 8 aromatic carbocycles. The van der Waals surface area contributed by atoms with Gasteiger partial charge in [0.25, 0.3) is 0 Å². The predicted molar refractivity (Wildman–Crippen MR) is 227 cm³/mol. The highest BCUT2D eigenvalue weighted by molar-refractivity contribution is 7.23. The number of hydrogen-bond donors (Lipinski definition) is 0. The van der Waals surface area contributed by atoms with E-state index in [-0.39, 0.29) is 0 Å². The van der Waals surface area contributed by atoms with Crippen LogP contribution in [0.3, 0.4) is 0 Å². The van der Waals surface area contributed by atoms with Crippen LogP contribution in [0.4, 0.5) is 16.4 Å². The summed E-state index contributed by atoms with van der Waals surface area (Å²) < 4.78 is 7.60. The minimum atomic E-state index is -0.511. The molecule has 3 heteroatoms. The third-order valence-corrected chi connectivity index (χ3v) is 12.3. The number of rotatable bonds is 6. The molecule has 0 amide bonds. The molecule has 254 valence electrons. The van der Waals surface area contributed by atoms with E-state index in [0.717, 1.165) is 33.3 Å². The zero-order valence-electron chi connectivity index (χ0n) is 29.3. The molecule has 0 saturated heterocycles. The number of furan rings is 1. The second kappa shape index (κ2) is 12.2. The van der Waals surface area contributed by atoms with E-state index in [9.17, 15) is 0 Å². The average molecular weight is 708 g/mol. The van der Waals surface area contributed by atoms with Gasteiger partial charge in [-0.15, -0.1) is 11.3 Å². The Kier molecular flexibility index (Phi) is 6.98. The third-order valence-electron chi connectivity index (χ3n) is 11.2. The van der Waals surface area contributed by atoms with E-state index in [1.807, 2.05) is 17.4 Å². The molecule has 2 nitrogen and oxygen atoms in total. The van der Waals surface area contributed by atoms with Crippen molar-refractivity contribution >= 4 is 59.7 Å². The van der Waals surface area contributed by atoms with Crippen LogP contribution < -0.4 is 4.90 Å². The van der Waals surface area contributed by atoms with Crippen molar-refractivity contribution < 1.29 is 4.42 Å². The lowest BCUT2D eigenvalue weighted by Crippen LogP contribution is -2.28. The highest BCUT2D eigenvalue weighted by Gasteiger charge is 2.46. The van der Waals surface area contributed by atoms with Crippen LogP contribution in [0.1, 0.15) is 22.3 Å². The van der Waals surface area contributed by atoms with Crippen LogP contribution in [-0.4, -0.2) is 0 Å². The quantitative estimate of drug-likeness (QED) is 0.171. The van der Waals surface area contributed by atoms with Crippen LogP contribution in [0, 0.1) is 0 Å². The van der Waals surface area contributed by atoms with Gasteiger partial charge in [-0.25, -0.2) is 0 Å². The Labute approximate surface area is 317 Å². The second-order valence-corrected chi connectivity index (χ2v) is 15.0. The number of nitrogens with zero attached hydrogens (tertiary/aromatic N) is 1. The zero-order chi connectivity index (χ0) is 35.6. The first-order chi connectivity index (χ1) is 26.8. The SMILES string of the molecule is c1ccc(-c2c(N(c3ccc4c(c3)C(c3ccccc3)(c3ccccc3)c3ccccc3-4)c3ccc4oc5ccccc5c4c3)sc3ccccc23)cc1. The fourth-order valence-corrected chi connectivity index (χ4v) is 10.1. The molecule has 0 aliphatic heterocycles. The van der Waals surface area contributed by atoms with E-state index in [1.54, 1.807) is 0 Å². The van der Waals surface area contributed by atoms with Crippen LogP contribution in [-0.2, 0) is 5.41 Å². The van der Waals surface area contributed by atoms with E-state index in [4.69, 9.17) is 4.42 Å². The molecule has 0 N–H and O–H groups in total. The lowest BCUT2D eigenvalue weighted by Gasteiger charge is -2.35. The molecule has 1 aliphatic rings. The summed E-state index contributed by atoms with van der Waals surface area (Å²) >= 11 is 1.84. The van der Waals surface area contributed by atoms with Gasteiger partial charge < -0.3 is 9.32 Å². The Hall–Kier alpha value is -6.68. The Morgan fingerprint density at radius 3 is 1.78 bits per heavy atom. The van der Waals surface area contributed by atoms with Gasteiger partial charge in [-0.2, -0.15) is 0 Å². The molecule has 2 heterocycles. The molecule has 11 rings (SSSR count). The van der Waals surface area contributed by atoms with Crippen molar-refractivity contribution in [2.75, 3.05) is 4.90 Å². The van der Waals surface area contributed by atoms with Crippen molar-refractivity contribution in [1.29, 1.82) is 0 Å². The minimum Gasteiger partial charge on any atom is -0.456 e. The number of fused-ring (bicyclic) bond motifs is 7. The molecule has 0 radical (unpaired) electrons. The summed E-state index contributed by atoms with van der Waals surface area (Å²) in [6.07, 6.45) is 0. The summed E-state index contributed by atoms with van der Waals surface area (Å²) in [4.78, 5) is 2.48. The molecule has 0 bridgehead atoms. The summed E-state index contributed by atoms with van der Waals surface area (Å²) in [5.41, 5.74) is 13.5. The Morgan fingerprint density at radius 1 is 0.426 bits per heavy atom. The highest BCUT2D eigenvalue weighted by Crippen LogP contribution is 2.58. The smallest absolute Gasteiger partial charge is 0.135 e. The molecule has 54 heavy (non-hydrogen) atoms. The third kappa shape index (κ3) is 4.52. The molecule has 0 fully saturated rings. The lowest BCUT2D eigenvalue weighted by atomic mass is 9.67. The largest absolute Gasteiger partial charge is 0.456 e. The van der Waals surface area contributed by atoms with Gasteiger partial charge >= 0.3 is 0 Å². The summed E-state index contributed by atoms with van der Waals surface area (Å²) in [6.45, 7) is 0. The standard InChI is InChI=1S/C51H33NOS/c1-4-16-34(17-5-1)49-42-24-12-15-27-48(42)54-50(49)52(37-29-31-47-43(32-37)41-23-11-14-26-46(41)53-47)38-28-30-40-39-22-10-13-25-44(39)51(45(40)33-38,35-18-6-2-7-19-35)36-20-8-3-9-21-36/h1-33H. The Balaban J connectivity index is 1.24. The molecular weight excluding hydrogens is 675 g/mol. The van der Waals surface area contributed by atoms with Crippen molar-refractivity contribution in [1.82, 2.24) is 0 Å². The normalized spacial score (nSPS) is 13.0. The Morgan fingerprint density at radius 2 is 1.00 bits per heavy atom. The fraction of sp³-hybridized carbons (Fsp3) is 0.0196. The number of thiophene rings is 1.